The molecular weight excluding hydrogens is 316 g/mol. The largest absolute Gasteiger partial charge is 0.507 e. The minimum atomic E-state index is -1.43. The first kappa shape index (κ1) is 16.9. The van der Waals surface area contributed by atoms with Crippen LogP contribution in [0.4, 0.5) is 0 Å². The molecule has 2 aromatic carbocycles. The molecule has 0 heterocycles. The highest BCUT2D eigenvalue weighted by atomic mass is 16.4. The highest BCUT2D eigenvalue weighted by molar-refractivity contribution is 6.35. The van der Waals surface area contributed by atoms with Gasteiger partial charge in [0.2, 0.25) is 0 Å². The van der Waals surface area contributed by atoms with E-state index in [0.717, 1.165) is 5.39 Å². The number of rotatable bonds is 6. The number of carboxylic acids is 2. The summed E-state index contributed by atoms with van der Waals surface area (Å²) in [6, 6.07) is 9.94. The Morgan fingerprint density at radius 3 is 2.21 bits per heavy atom. The molecule has 24 heavy (non-hydrogen) atoms. The van der Waals surface area contributed by atoms with E-state index in [1.165, 1.54) is 12.1 Å². The number of hydrazone groups is 1. The summed E-state index contributed by atoms with van der Waals surface area (Å²) in [5, 5.41) is 32.3. The van der Waals surface area contributed by atoms with E-state index in [0.29, 0.717) is 5.39 Å². The molecule has 0 spiro atoms. The van der Waals surface area contributed by atoms with Gasteiger partial charge in [0.05, 0.1) is 12.0 Å². The van der Waals surface area contributed by atoms with Crippen LogP contribution in [0.25, 0.3) is 10.8 Å². The minimum Gasteiger partial charge on any atom is -0.507 e. The van der Waals surface area contributed by atoms with E-state index in [1.54, 1.807) is 24.3 Å². The van der Waals surface area contributed by atoms with Crippen LogP contribution in [0.3, 0.4) is 0 Å². The van der Waals surface area contributed by atoms with Crippen LogP contribution in [0.1, 0.15) is 23.2 Å². The lowest BCUT2D eigenvalue weighted by Gasteiger charge is -2.06. The van der Waals surface area contributed by atoms with E-state index in [2.05, 4.69) is 5.10 Å². The van der Waals surface area contributed by atoms with Crippen LogP contribution < -0.4 is 5.43 Å². The zero-order chi connectivity index (χ0) is 17.7. The third-order valence-corrected chi connectivity index (χ3v) is 3.22. The fourth-order valence-electron chi connectivity index (χ4n) is 2.02. The molecule has 0 fully saturated rings. The van der Waals surface area contributed by atoms with Crippen molar-refractivity contribution in [2.24, 2.45) is 5.10 Å². The van der Waals surface area contributed by atoms with Crippen molar-refractivity contribution in [2.75, 3.05) is 0 Å². The quantitative estimate of drug-likeness (QED) is 0.469. The second-order valence-corrected chi connectivity index (χ2v) is 4.91. The van der Waals surface area contributed by atoms with Crippen LogP contribution in [0, 0.1) is 0 Å². The van der Waals surface area contributed by atoms with Crippen molar-refractivity contribution < 1.29 is 29.7 Å². The fourth-order valence-corrected chi connectivity index (χ4v) is 2.02. The number of carbonyl (C=O) groups excluding carboxylic acids is 1. The lowest BCUT2D eigenvalue weighted by Crippen LogP contribution is -2.24. The molecule has 0 atom stereocenters. The van der Waals surface area contributed by atoms with Crippen molar-refractivity contribution in [2.45, 2.75) is 12.8 Å². The standard InChI is InChI=1S/C16H14N2O6/c19-13-8-10-4-2-1-3-9(10)7-11(13)15(22)18-17-12(16(23)24)5-6-14(20)21/h1-4,7-8,19H,5-6H2,(H,18,22)(H,20,21)(H,23,24)/b17-12-. The Morgan fingerprint density at radius 1 is 1.00 bits per heavy atom. The average molecular weight is 330 g/mol. The maximum atomic E-state index is 12.1. The Hall–Kier alpha value is -3.42. The second-order valence-electron chi connectivity index (χ2n) is 4.91. The van der Waals surface area contributed by atoms with E-state index < -0.39 is 30.0 Å². The third kappa shape index (κ3) is 4.07. The van der Waals surface area contributed by atoms with Crippen molar-refractivity contribution in [3.8, 4) is 5.75 Å². The Labute approximate surface area is 136 Å². The number of carboxylic acid groups (broad SMARTS) is 2. The smallest absolute Gasteiger partial charge is 0.352 e. The van der Waals surface area contributed by atoms with Gasteiger partial charge in [-0.1, -0.05) is 24.3 Å². The summed E-state index contributed by atoms with van der Waals surface area (Å²) in [4.78, 5) is 33.6. The highest BCUT2D eigenvalue weighted by Gasteiger charge is 2.15. The van der Waals surface area contributed by atoms with Gasteiger partial charge in [-0.3, -0.25) is 9.59 Å². The average Bonchev–Trinajstić information content (AvgIpc) is 2.53. The third-order valence-electron chi connectivity index (χ3n) is 3.22. The first-order chi connectivity index (χ1) is 11.4. The van der Waals surface area contributed by atoms with Crippen LogP contribution in [0.15, 0.2) is 41.5 Å². The number of phenolic OH excluding ortho intramolecular Hbond substituents is 1. The predicted molar refractivity (Wildman–Crippen MR) is 85.0 cm³/mol. The zero-order valence-electron chi connectivity index (χ0n) is 12.4. The molecule has 0 unspecified atom stereocenters. The highest BCUT2D eigenvalue weighted by Crippen LogP contribution is 2.24. The van der Waals surface area contributed by atoms with Crippen LogP contribution in [0.2, 0.25) is 0 Å². The summed E-state index contributed by atoms with van der Waals surface area (Å²) < 4.78 is 0. The van der Waals surface area contributed by atoms with E-state index in [-0.39, 0.29) is 17.7 Å². The minimum absolute atomic E-state index is 0.0691. The van der Waals surface area contributed by atoms with Crippen molar-refractivity contribution in [3.05, 3.63) is 42.0 Å². The van der Waals surface area contributed by atoms with Gasteiger partial charge in [-0.25, -0.2) is 10.2 Å². The molecular formula is C16H14N2O6. The fraction of sp³-hybridized carbons (Fsp3) is 0.125. The monoisotopic (exact) mass is 330 g/mol. The lowest BCUT2D eigenvalue weighted by molar-refractivity contribution is -0.136. The van der Waals surface area contributed by atoms with Gasteiger partial charge in [0, 0.05) is 6.42 Å². The van der Waals surface area contributed by atoms with Crippen LogP contribution in [-0.2, 0) is 9.59 Å². The number of hydrogen-bond acceptors (Lipinski definition) is 5. The molecule has 0 saturated heterocycles. The van der Waals surface area contributed by atoms with Gasteiger partial charge in [-0.15, -0.1) is 0 Å². The topological polar surface area (TPSA) is 136 Å². The molecule has 0 saturated carbocycles. The summed E-state index contributed by atoms with van der Waals surface area (Å²) in [6.07, 6.45) is -0.767. The Balaban J connectivity index is 2.22. The first-order valence-corrected chi connectivity index (χ1v) is 6.92. The maximum absolute atomic E-state index is 12.1. The Bertz CT molecular complexity index is 844. The predicted octanol–water partition coefficient (Wildman–Crippen LogP) is 1.58. The van der Waals surface area contributed by atoms with E-state index in [4.69, 9.17) is 10.2 Å². The molecule has 8 heteroatoms. The van der Waals surface area contributed by atoms with Crippen LogP contribution in [-0.4, -0.2) is 38.9 Å². The Morgan fingerprint density at radius 2 is 1.62 bits per heavy atom. The second kappa shape index (κ2) is 7.23. The number of hydrogen-bond donors (Lipinski definition) is 4. The number of phenols is 1. The number of carbonyl (C=O) groups is 3. The molecule has 124 valence electrons. The molecule has 0 aromatic heterocycles. The van der Waals surface area contributed by atoms with E-state index in [1.807, 2.05) is 5.43 Å². The molecule has 0 bridgehead atoms. The van der Waals surface area contributed by atoms with Crippen molar-refractivity contribution in [1.82, 2.24) is 5.43 Å². The van der Waals surface area contributed by atoms with Crippen LogP contribution >= 0.6 is 0 Å². The first-order valence-electron chi connectivity index (χ1n) is 6.92. The number of aliphatic carboxylic acids is 2. The van der Waals surface area contributed by atoms with Gasteiger partial charge in [-0.05, 0) is 22.9 Å². The Kier molecular flexibility index (Phi) is 5.10. The van der Waals surface area contributed by atoms with E-state index >= 15 is 0 Å². The van der Waals surface area contributed by atoms with E-state index in [9.17, 15) is 19.5 Å². The van der Waals surface area contributed by atoms with Crippen molar-refractivity contribution >= 4 is 34.3 Å². The molecule has 0 aliphatic rings. The number of nitrogens with one attached hydrogen (secondary N) is 1. The summed E-state index contributed by atoms with van der Waals surface area (Å²) in [7, 11) is 0. The van der Waals surface area contributed by atoms with Gasteiger partial charge in [0.25, 0.3) is 5.91 Å². The van der Waals surface area contributed by atoms with Crippen molar-refractivity contribution in [3.63, 3.8) is 0 Å². The molecule has 2 rings (SSSR count). The SMILES string of the molecule is O=C(O)CC/C(=N/NC(=O)c1cc2ccccc2cc1O)C(=O)O. The van der Waals surface area contributed by atoms with Gasteiger partial charge >= 0.3 is 11.9 Å². The molecule has 0 radical (unpaired) electrons. The maximum Gasteiger partial charge on any atom is 0.352 e. The molecule has 4 N–H and O–H groups in total. The lowest BCUT2D eigenvalue weighted by atomic mass is 10.1. The van der Waals surface area contributed by atoms with Gasteiger partial charge < -0.3 is 15.3 Å². The number of amides is 1. The number of aromatic hydroxyl groups is 1. The molecule has 2 aromatic rings. The number of fused-ring (bicyclic) bond motifs is 1. The summed E-state index contributed by atoms with van der Waals surface area (Å²) in [6.45, 7) is 0. The molecule has 1 amide bonds. The van der Waals surface area contributed by atoms with Crippen molar-refractivity contribution in [1.29, 1.82) is 0 Å². The molecule has 0 aliphatic carbocycles. The number of nitrogens with zero attached hydrogens (tertiary/aromatic N) is 1. The van der Waals surface area contributed by atoms with Gasteiger partial charge in [0.1, 0.15) is 11.5 Å². The number of benzene rings is 2. The summed E-state index contributed by atoms with van der Waals surface area (Å²) in [5.74, 6) is -3.68. The molecule has 0 aliphatic heterocycles. The summed E-state index contributed by atoms with van der Waals surface area (Å²) >= 11 is 0. The van der Waals surface area contributed by atoms with Gasteiger partial charge in [0.15, 0.2) is 0 Å². The summed E-state index contributed by atoms with van der Waals surface area (Å²) in [5.41, 5.74) is 1.46. The molecule has 8 nitrogen and oxygen atoms in total. The van der Waals surface area contributed by atoms with Gasteiger partial charge in [-0.2, -0.15) is 5.10 Å². The zero-order valence-corrected chi connectivity index (χ0v) is 12.4. The van der Waals surface area contributed by atoms with Crippen LogP contribution in [0.5, 0.6) is 5.75 Å². The normalized spacial score (nSPS) is 11.2.